The Morgan fingerprint density at radius 3 is 2.86 bits per heavy atom. The molecule has 0 bridgehead atoms. The number of ether oxygens (including phenoxy) is 1. The molecule has 1 atom stereocenters. The van der Waals surface area contributed by atoms with Gasteiger partial charge in [0.05, 0.1) is 0 Å². The molecule has 1 aliphatic rings. The van der Waals surface area contributed by atoms with Crippen LogP contribution in [0.4, 0.5) is 4.39 Å². The quantitative estimate of drug-likeness (QED) is 0.830. The molecule has 4 heteroatoms. The van der Waals surface area contributed by atoms with Crippen LogP contribution in [0.15, 0.2) is 22.8 Å². The van der Waals surface area contributed by atoms with Gasteiger partial charge in [-0.15, -0.1) is 0 Å². The Labute approximate surface area is 90.6 Å². The van der Waals surface area contributed by atoms with E-state index in [4.69, 9.17) is 4.74 Å². The highest BCUT2D eigenvalue weighted by Crippen LogP contribution is 2.34. The van der Waals surface area contributed by atoms with Gasteiger partial charge in [-0.1, -0.05) is 0 Å². The lowest BCUT2D eigenvalue weighted by Crippen LogP contribution is -2.21. The van der Waals surface area contributed by atoms with Crippen molar-refractivity contribution >= 4 is 15.9 Å². The van der Waals surface area contributed by atoms with Crippen LogP contribution >= 0.6 is 15.9 Å². The Morgan fingerprint density at radius 1 is 1.57 bits per heavy atom. The SMILES string of the molecule is FCC(Oc1ccc(Br)cn1)C1CC1. The van der Waals surface area contributed by atoms with E-state index in [0.29, 0.717) is 11.8 Å². The molecule has 0 radical (unpaired) electrons. The van der Waals surface area contributed by atoms with Crippen LogP contribution in [-0.2, 0) is 0 Å². The molecule has 1 saturated carbocycles. The van der Waals surface area contributed by atoms with Crippen molar-refractivity contribution in [1.29, 1.82) is 0 Å². The first kappa shape index (κ1) is 9.90. The summed E-state index contributed by atoms with van der Waals surface area (Å²) in [7, 11) is 0. The number of halogens is 2. The zero-order valence-corrected chi connectivity index (χ0v) is 9.21. The first-order chi connectivity index (χ1) is 6.79. The molecule has 1 aromatic rings. The average Bonchev–Trinajstić information content (AvgIpc) is 3.01. The Kier molecular flexibility index (Phi) is 3.01. The lowest BCUT2D eigenvalue weighted by Gasteiger charge is -2.13. The highest BCUT2D eigenvalue weighted by atomic mass is 79.9. The van der Waals surface area contributed by atoms with E-state index in [1.165, 1.54) is 0 Å². The van der Waals surface area contributed by atoms with Crippen LogP contribution in [0.1, 0.15) is 12.8 Å². The molecule has 0 saturated heterocycles. The van der Waals surface area contributed by atoms with Crippen LogP contribution in [0.2, 0.25) is 0 Å². The second kappa shape index (κ2) is 4.26. The Bertz CT molecular complexity index is 299. The number of nitrogens with zero attached hydrogens (tertiary/aromatic N) is 1. The number of hydrogen-bond acceptors (Lipinski definition) is 2. The van der Waals surface area contributed by atoms with Gasteiger partial charge in [-0.05, 0) is 40.8 Å². The molecule has 1 fully saturated rings. The van der Waals surface area contributed by atoms with Gasteiger partial charge in [-0.2, -0.15) is 0 Å². The first-order valence-corrected chi connectivity index (χ1v) is 5.43. The third-order valence-corrected chi connectivity index (χ3v) is 2.74. The molecule has 1 unspecified atom stereocenters. The molecule has 2 nitrogen and oxygen atoms in total. The van der Waals surface area contributed by atoms with Gasteiger partial charge in [0.25, 0.3) is 0 Å². The van der Waals surface area contributed by atoms with E-state index in [2.05, 4.69) is 20.9 Å². The summed E-state index contributed by atoms with van der Waals surface area (Å²) in [4.78, 5) is 4.04. The van der Waals surface area contributed by atoms with Gasteiger partial charge < -0.3 is 4.74 Å². The molecule has 0 spiro atoms. The molecular weight excluding hydrogens is 249 g/mol. The molecule has 14 heavy (non-hydrogen) atoms. The Balaban J connectivity index is 1.98. The topological polar surface area (TPSA) is 22.1 Å². The smallest absolute Gasteiger partial charge is 0.213 e. The van der Waals surface area contributed by atoms with Crippen molar-refractivity contribution in [2.75, 3.05) is 6.67 Å². The van der Waals surface area contributed by atoms with E-state index in [1.54, 1.807) is 12.3 Å². The molecule has 0 amide bonds. The van der Waals surface area contributed by atoms with E-state index in [0.717, 1.165) is 17.3 Å². The summed E-state index contributed by atoms with van der Waals surface area (Å²) in [6, 6.07) is 3.58. The minimum atomic E-state index is -0.428. The van der Waals surface area contributed by atoms with Gasteiger partial charge in [0, 0.05) is 16.7 Å². The molecule has 0 N–H and O–H groups in total. The monoisotopic (exact) mass is 259 g/mol. The third-order valence-electron chi connectivity index (χ3n) is 2.27. The second-order valence-corrected chi connectivity index (χ2v) is 4.38. The van der Waals surface area contributed by atoms with E-state index >= 15 is 0 Å². The van der Waals surface area contributed by atoms with Crippen molar-refractivity contribution in [1.82, 2.24) is 4.98 Å². The summed E-state index contributed by atoms with van der Waals surface area (Å²) in [6.45, 7) is -0.428. The Hall–Kier alpha value is -0.640. The number of alkyl halides is 1. The maximum Gasteiger partial charge on any atom is 0.213 e. The van der Waals surface area contributed by atoms with Crippen LogP contribution in [0.3, 0.4) is 0 Å². The lowest BCUT2D eigenvalue weighted by molar-refractivity contribution is 0.137. The van der Waals surface area contributed by atoms with Gasteiger partial charge in [-0.3, -0.25) is 0 Å². The molecule has 1 aliphatic carbocycles. The fourth-order valence-corrected chi connectivity index (χ4v) is 1.54. The van der Waals surface area contributed by atoms with Crippen molar-refractivity contribution in [2.45, 2.75) is 18.9 Å². The van der Waals surface area contributed by atoms with Crippen molar-refractivity contribution in [2.24, 2.45) is 5.92 Å². The standard InChI is InChI=1S/C10H11BrFNO/c11-8-3-4-10(13-6-8)14-9(5-12)7-1-2-7/h3-4,6-7,9H,1-2,5H2. The lowest BCUT2D eigenvalue weighted by atomic mass is 10.2. The predicted molar refractivity (Wildman–Crippen MR) is 55.1 cm³/mol. The molecule has 0 aliphatic heterocycles. The Morgan fingerprint density at radius 2 is 2.36 bits per heavy atom. The minimum absolute atomic E-state index is 0.302. The molecule has 1 heterocycles. The summed E-state index contributed by atoms with van der Waals surface area (Å²) < 4.78 is 18.9. The first-order valence-electron chi connectivity index (χ1n) is 4.64. The van der Waals surface area contributed by atoms with Crippen LogP contribution in [0.5, 0.6) is 5.88 Å². The zero-order valence-electron chi connectivity index (χ0n) is 7.62. The molecular formula is C10H11BrFNO. The number of aromatic nitrogens is 1. The highest BCUT2D eigenvalue weighted by Gasteiger charge is 2.33. The molecule has 2 rings (SSSR count). The van der Waals surface area contributed by atoms with Crippen molar-refractivity contribution < 1.29 is 9.13 Å². The van der Waals surface area contributed by atoms with Crippen LogP contribution < -0.4 is 4.74 Å². The molecule has 1 aromatic heterocycles. The van der Waals surface area contributed by atoms with Crippen molar-refractivity contribution in [3.8, 4) is 5.88 Å². The zero-order chi connectivity index (χ0) is 9.97. The van der Waals surface area contributed by atoms with E-state index < -0.39 is 6.67 Å². The van der Waals surface area contributed by atoms with E-state index in [9.17, 15) is 4.39 Å². The van der Waals surface area contributed by atoms with Gasteiger partial charge in [0.1, 0.15) is 12.8 Å². The average molecular weight is 260 g/mol. The third kappa shape index (κ3) is 2.44. The highest BCUT2D eigenvalue weighted by molar-refractivity contribution is 9.10. The largest absolute Gasteiger partial charge is 0.471 e. The van der Waals surface area contributed by atoms with Crippen molar-refractivity contribution in [3.05, 3.63) is 22.8 Å². The summed E-state index contributed by atoms with van der Waals surface area (Å²) in [5, 5.41) is 0. The summed E-state index contributed by atoms with van der Waals surface area (Å²) >= 11 is 3.28. The van der Waals surface area contributed by atoms with Crippen LogP contribution in [-0.4, -0.2) is 17.8 Å². The number of hydrogen-bond donors (Lipinski definition) is 0. The maximum atomic E-state index is 12.6. The molecule has 76 valence electrons. The van der Waals surface area contributed by atoms with Gasteiger partial charge in [0.2, 0.25) is 5.88 Å². The van der Waals surface area contributed by atoms with Gasteiger partial charge in [-0.25, -0.2) is 9.37 Å². The maximum absolute atomic E-state index is 12.6. The predicted octanol–water partition coefficient (Wildman–Crippen LogP) is 2.97. The number of rotatable bonds is 4. The minimum Gasteiger partial charge on any atom is -0.471 e. The van der Waals surface area contributed by atoms with Crippen LogP contribution in [0.25, 0.3) is 0 Å². The fraction of sp³-hybridized carbons (Fsp3) is 0.500. The van der Waals surface area contributed by atoms with E-state index in [-0.39, 0.29) is 6.10 Å². The van der Waals surface area contributed by atoms with Crippen molar-refractivity contribution in [3.63, 3.8) is 0 Å². The van der Waals surface area contributed by atoms with E-state index in [1.807, 2.05) is 6.07 Å². The normalized spacial score (nSPS) is 17.9. The number of pyridine rings is 1. The van der Waals surface area contributed by atoms with Gasteiger partial charge >= 0.3 is 0 Å². The summed E-state index contributed by atoms with van der Waals surface area (Å²) in [6.07, 6.45) is 3.50. The summed E-state index contributed by atoms with van der Waals surface area (Å²) in [5.41, 5.74) is 0. The fourth-order valence-electron chi connectivity index (χ4n) is 1.31. The summed E-state index contributed by atoms with van der Waals surface area (Å²) in [5.74, 6) is 0.896. The van der Waals surface area contributed by atoms with Gasteiger partial charge in [0.15, 0.2) is 0 Å². The second-order valence-electron chi connectivity index (χ2n) is 3.46. The molecule has 0 aromatic carbocycles. The van der Waals surface area contributed by atoms with Crippen LogP contribution in [0, 0.1) is 5.92 Å².